The molecule has 118 valence electrons. The van der Waals surface area contributed by atoms with Gasteiger partial charge in [-0.25, -0.2) is 0 Å². The van der Waals surface area contributed by atoms with Crippen LogP contribution in [0, 0.1) is 0 Å². The number of carbonyl (C=O) groups is 2. The van der Waals surface area contributed by atoms with Crippen molar-refractivity contribution in [3.05, 3.63) is 59.2 Å². The van der Waals surface area contributed by atoms with Crippen molar-refractivity contribution < 1.29 is 9.59 Å². The van der Waals surface area contributed by atoms with Crippen molar-refractivity contribution in [3.8, 4) is 0 Å². The lowest BCUT2D eigenvalue weighted by Gasteiger charge is -2.20. The molecule has 4 nitrogen and oxygen atoms in total. The zero-order valence-corrected chi connectivity index (χ0v) is 13.6. The van der Waals surface area contributed by atoms with E-state index in [2.05, 4.69) is 0 Å². The molecule has 1 aliphatic heterocycles. The standard InChI is InChI=1S/C19H20N2O2/c1-12(22)14-6-9-17-16(10-14)19(2,3)18(23)21(17)11-13-4-7-15(20)8-5-13/h4-10H,11,20H2,1-3H3. The van der Waals surface area contributed by atoms with Gasteiger partial charge in [0.25, 0.3) is 0 Å². The second kappa shape index (κ2) is 5.23. The van der Waals surface area contributed by atoms with Crippen molar-refractivity contribution >= 4 is 23.1 Å². The maximum Gasteiger partial charge on any atom is 0.237 e. The maximum atomic E-state index is 12.9. The number of fused-ring (bicyclic) bond motifs is 1. The van der Waals surface area contributed by atoms with Crippen LogP contribution >= 0.6 is 0 Å². The molecule has 1 aliphatic rings. The first-order valence-electron chi connectivity index (χ1n) is 7.62. The Hall–Kier alpha value is -2.62. The van der Waals surface area contributed by atoms with Gasteiger partial charge in [0.05, 0.1) is 12.0 Å². The van der Waals surface area contributed by atoms with Gasteiger partial charge in [0.1, 0.15) is 0 Å². The summed E-state index contributed by atoms with van der Waals surface area (Å²) in [5.41, 5.74) is 9.23. The van der Waals surface area contributed by atoms with Crippen LogP contribution in [0.15, 0.2) is 42.5 Å². The number of benzene rings is 2. The van der Waals surface area contributed by atoms with Gasteiger partial charge in [-0.05, 0) is 62.2 Å². The number of nitrogens with two attached hydrogens (primary N) is 1. The summed E-state index contributed by atoms with van der Waals surface area (Å²) in [5, 5.41) is 0. The van der Waals surface area contributed by atoms with Crippen molar-refractivity contribution in [2.75, 3.05) is 10.6 Å². The van der Waals surface area contributed by atoms with Crippen molar-refractivity contribution in [1.29, 1.82) is 0 Å². The van der Waals surface area contributed by atoms with Crippen LogP contribution in [0.1, 0.15) is 42.3 Å². The summed E-state index contributed by atoms with van der Waals surface area (Å²) in [5.74, 6) is 0.0538. The average Bonchev–Trinajstić information content (AvgIpc) is 2.70. The highest BCUT2D eigenvalue weighted by molar-refractivity contribution is 6.08. The van der Waals surface area contributed by atoms with Crippen LogP contribution in [-0.4, -0.2) is 11.7 Å². The van der Waals surface area contributed by atoms with E-state index >= 15 is 0 Å². The summed E-state index contributed by atoms with van der Waals surface area (Å²) in [6.07, 6.45) is 0. The fourth-order valence-corrected chi connectivity index (χ4v) is 3.02. The molecule has 2 aromatic rings. The van der Waals surface area contributed by atoms with Crippen LogP contribution < -0.4 is 10.6 Å². The molecule has 0 aromatic heterocycles. The molecule has 0 saturated carbocycles. The molecule has 0 saturated heterocycles. The highest BCUT2D eigenvalue weighted by Crippen LogP contribution is 2.42. The zero-order chi connectivity index (χ0) is 16.8. The van der Waals surface area contributed by atoms with Gasteiger partial charge >= 0.3 is 0 Å². The molecule has 4 heteroatoms. The smallest absolute Gasteiger partial charge is 0.237 e. The number of ketones is 1. The van der Waals surface area contributed by atoms with E-state index in [9.17, 15) is 9.59 Å². The maximum absolute atomic E-state index is 12.9. The molecule has 0 radical (unpaired) electrons. The highest BCUT2D eigenvalue weighted by atomic mass is 16.2. The molecule has 0 unspecified atom stereocenters. The first-order valence-corrected chi connectivity index (χ1v) is 7.62. The van der Waals surface area contributed by atoms with Crippen molar-refractivity contribution in [2.24, 2.45) is 0 Å². The van der Waals surface area contributed by atoms with Gasteiger partial charge in [-0.2, -0.15) is 0 Å². The van der Waals surface area contributed by atoms with E-state index in [1.807, 2.05) is 50.2 Å². The molecule has 0 fully saturated rings. The number of nitrogen functional groups attached to an aromatic ring is 1. The lowest BCUT2D eigenvalue weighted by Crippen LogP contribution is -2.35. The Balaban J connectivity index is 2.02. The summed E-state index contributed by atoms with van der Waals surface area (Å²) in [6, 6.07) is 13.0. The topological polar surface area (TPSA) is 63.4 Å². The Morgan fingerprint density at radius 2 is 1.78 bits per heavy atom. The number of hydrogen-bond acceptors (Lipinski definition) is 3. The third-order valence-electron chi connectivity index (χ3n) is 4.47. The second-order valence-electron chi connectivity index (χ2n) is 6.55. The zero-order valence-electron chi connectivity index (χ0n) is 13.6. The Labute approximate surface area is 135 Å². The normalized spacial score (nSPS) is 15.6. The fourth-order valence-electron chi connectivity index (χ4n) is 3.02. The van der Waals surface area contributed by atoms with E-state index in [0.717, 1.165) is 16.8 Å². The van der Waals surface area contributed by atoms with E-state index in [1.54, 1.807) is 11.0 Å². The second-order valence-corrected chi connectivity index (χ2v) is 6.55. The number of anilines is 2. The summed E-state index contributed by atoms with van der Waals surface area (Å²) in [6.45, 7) is 5.84. The molecule has 0 atom stereocenters. The van der Waals surface area contributed by atoms with E-state index in [-0.39, 0.29) is 11.7 Å². The first-order chi connectivity index (χ1) is 10.8. The third kappa shape index (κ3) is 2.50. The van der Waals surface area contributed by atoms with Gasteiger partial charge in [0.2, 0.25) is 5.91 Å². The largest absolute Gasteiger partial charge is 0.399 e. The van der Waals surface area contributed by atoms with Crippen LogP contribution in [-0.2, 0) is 16.8 Å². The number of nitrogens with zero attached hydrogens (tertiary/aromatic N) is 1. The molecule has 0 bridgehead atoms. The minimum atomic E-state index is -0.630. The molecule has 0 aliphatic carbocycles. The lowest BCUT2D eigenvalue weighted by atomic mass is 9.85. The minimum absolute atomic E-state index is 0.00744. The van der Waals surface area contributed by atoms with Crippen LogP contribution in [0.25, 0.3) is 0 Å². The Morgan fingerprint density at radius 1 is 1.13 bits per heavy atom. The third-order valence-corrected chi connectivity index (χ3v) is 4.47. The lowest BCUT2D eigenvalue weighted by molar-refractivity contribution is -0.122. The summed E-state index contributed by atoms with van der Waals surface area (Å²) < 4.78 is 0. The summed E-state index contributed by atoms with van der Waals surface area (Å²) in [4.78, 5) is 26.3. The van der Waals surface area contributed by atoms with Crippen LogP contribution in [0.4, 0.5) is 11.4 Å². The molecule has 0 spiro atoms. The van der Waals surface area contributed by atoms with Crippen LogP contribution in [0.3, 0.4) is 0 Å². The number of carbonyl (C=O) groups excluding carboxylic acids is 2. The SMILES string of the molecule is CC(=O)c1ccc2c(c1)C(C)(C)C(=O)N2Cc1ccc(N)cc1. The molecule has 2 aromatic carbocycles. The predicted molar refractivity (Wildman–Crippen MR) is 91.5 cm³/mol. The first kappa shape index (κ1) is 15.3. The van der Waals surface area contributed by atoms with Crippen LogP contribution in [0.2, 0.25) is 0 Å². The van der Waals surface area contributed by atoms with E-state index in [1.165, 1.54) is 6.92 Å². The Morgan fingerprint density at radius 3 is 2.39 bits per heavy atom. The fraction of sp³-hybridized carbons (Fsp3) is 0.263. The number of hydrogen-bond donors (Lipinski definition) is 1. The van der Waals surface area contributed by atoms with Crippen molar-refractivity contribution in [2.45, 2.75) is 32.7 Å². The number of amides is 1. The Bertz CT molecular complexity index is 792. The average molecular weight is 308 g/mol. The van der Waals surface area contributed by atoms with Gasteiger partial charge in [-0.3, -0.25) is 9.59 Å². The monoisotopic (exact) mass is 308 g/mol. The van der Waals surface area contributed by atoms with Crippen LogP contribution in [0.5, 0.6) is 0 Å². The minimum Gasteiger partial charge on any atom is -0.399 e. The molecule has 1 heterocycles. The molecular weight excluding hydrogens is 288 g/mol. The highest BCUT2D eigenvalue weighted by Gasteiger charge is 2.43. The molecule has 2 N–H and O–H groups in total. The van der Waals surface area contributed by atoms with E-state index in [0.29, 0.717) is 17.8 Å². The summed E-state index contributed by atoms with van der Waals surface area (Å²) in [7, 11) is 0. The van der Waals surface area contributed by atoms with E-state index < -0.39 is 5.41 Å². The Kier molecular flexibility index (Phi) is 3.48. The molecule has 1 amide bonds. The number of rotatable bonds is 3. The van der Waals surface area contributed by atoms with Crippen molar-refractivity contribution in [1.82, 2.24) is 0 Å². The molecule has 23 heavy (non-hydrogen) atoms. The predicted octanol–water partition coefficient (Wildman–Crippen LogP) is 3.30. The van der Waals surface area contributed by atoms with Gasteiger partial charge in [0, 0.05) is 16.9 Å². The van der Waals surface area contributed by atoms with Crippen molar-refractivity contribution in [3.63, 3.8) is 0 Å². The molecule has 3 rings (SSSR count). The van der Waals surface area contributed by atoms with Gasteiger partial charge in [-0.15, -0.1) is 0 Å². The van der Waals surface area contributed by atoms with Gasteiger partial charge in [0.15, 0.2) is 5.78 Å². The summed E-state index contributed by atoms with van der Waals surface area (Å²) >= 11 is 0. The van der Waals surface area contributed by atoms with E-state index in [4.69, 9.17) is 5.73 Å². The number of Topliss-reactive ketones (excluding diaryl/α,β-unsaturated/α-hetero) is 1. The molecular formula is C19H20N2O2. The van der Waals surface area contributed by atoms with Gasteiger partial charge in [-0.1, -0.05) is 12.1 Å². The quantitative estimate of drug-likeness (QED) is 0.699. The van der Waals surface area contributed by atoms with Gasteiger partial charge < -0.3 is 10.6 Å².